The molecule has 2 aliphatic heterocycles. The number of likely N-dealkylation sites (tertiary alicyclic amines) is 2. The minimum atomic E-state index is -5.27. The maximum atomic E-state index is 14.9. The number of amides is 2. The van der Waals surface area contributed by atoms with Gasteiger partial charge in [0, 0.05) is 25.2 Å². The first-order chi connectivity index (χ1) is 19.7. The molecule has 4 atom stereocenters. The molecule has 1 aromatic carbocycles. The lowest BCUT2D eigenvalue weighted by Crippen LogP contribution is -2.55. The number of rotatable bonds is 6. The van der Waals surface area contributed by atoms with E-state index >= 15 is 0 Å². The molecule has 2 saturated heterocycles. The number of halogens is 5. The molecule has 0 saturated carbocycles. The molecule has 8 nitrogen and oxygen atoms in total. The predicted octanol–water partition coefficient (Wildman–Crippen LogP) is 4.09. The highest BCUT2D eigenvalue weighted by Crippen LogP contribution is 2.53. The first kappa shape index (κ1) is 29.9. The number of hydrogen-bond acceptors (Lipinski definition) is 6. The van der Waals surface area contributed by atoms with E-state index in [2.05, 4.69) is 4.98 Å². The Morgan fingerprint density at radius 3 is 2.57 bits per heavy atom. The maximum absolute atomic E-state index is 14.9. The second kappa shape index (κ2) is 10.3. The molecule has 0 bridgehead atoms. The number of nitrogens with zero attached hydrogens (tertiary/aromatic N) is 4. The molecule has 2 aromatic rings. The van der Waals surface area contributed by atoms with Crippen molar-refractivity contribution in [2.75, 3.05) is 13.1 Å². The third-order valence-corrected chi connectivity index (χ3v) is 11.2. The zero-order valence-electron chi connectivity index (χ0n) is 22.5. The van der Waals surface area contributed by atoms with Gasteiger partial charge in [0.1, 0.15) is 16.6 Å². The molecule has 2 amide bonds. The quantitative estimate of drug-likeness (QED) is 0.456. The van der Waals surface area contributed by atoms with Crippen LogP contribution in [0.4, 0.5) is 22.0 Å². The van der Waals surface area contributed by atoms with Crippen molar-refractivity contribution in [3.63, 3.8) is 0 Å². The molecule has 3 heterocycles. The standard InChI is InChI=1S/C28H27F5N4O4S/c1-26(30,28(31,32)33)22-9-6-19-20(35-22)7-10-23-27(19,42(40,41)18-5-2-4-17(29)16-18)12-15-37(23)25(39)21-8-11-24(38)36(21)14-3-13-34/h2,4-6,9,16,21,23H,3,7-8,10-12,14-15H2,1H3/t21-,23?,26?,27?/m0/s1. The summed E-state index contributed by atoms with van der Waals surface area (Å²) in [6, 6.07) is 6.26. The van der Waals surface area contributed by atoms with Crippen molar-refractivity contribution in [2.24, 2.45) is 0 Å². The molecule has 14 heteroatoms. The smallest absolute Gasteiger partial charge is 0.336 e. The van der Waals surface area contributed by atoms with Gasteiger partial charge in [-0.2, -0.15) is 18.4 Å². The molecule has 0 spiro atoms. The SMILES string of the molecule is CC(F)(c1ccc2c(n1)CCC1N(C(=O)[C@@H]3CCC(=O)N3CCC#N)CCC21S(=O)(=O)c1cccc(F)c1)C(F)(F)F. The number of aromatic nitrogens is 1. The average molecular weight is 611 g/mol. The Morgan fingerprint density at radius 2 is 1.90 bits per heavy atom. The van der Waals surface area contributed by atoms with Gasteiger partial charge in [0.25, 0.3) is 0 Å². The second-order valence-corrected chi connectivity index (χ2v) is 13.1. The second-order valence-electron chi connectivity index (χ2n) is 10.9. The van der Waals surface area contributed by atoms with E-state index in [1.807, 2.05) is 6.07 Å². The van der Waals surface area contributed by atoms with Crippen LogP contribution in [0.25, 0.3) is 0 Å². The molecule has 1 aliphatic carbocycles. The minimum Gasteiger partial charge on any atom is -0.336 e. The van der Waals surface area contributed by atoms with Crippen molar-refractivity contribution >= 4 is 21.7 Å². The number of carbonyl (C=O) groups excluding carboxylic acids is 2. The molecule has 2 fully saturated rings. The molecule has 42 heavy (non-hydrogen) atoms. The van der Waals surface area contributed by atoms with Crippen LogP contribution in [-0.2, 0) is 36.3 Å². The Kier molecular flexibility index (Phi) is 7.32. The Bertz CT molecular complexity index is 1590. The Morgan fingerprint density at radius 1 is 1.17 bits per heavy atom. The predicted molar refractivity (Wildman–Crippen MR) is 137 cm³/mol. The van der Waals surface area contributed by atoms with Gasteiger partial charge in [0.15, 0.2) is 9.84 Å². The Labute approximate surface area is 239 Å². The molecule has 224 valence electrons. The van der Waals surface area contributed by atoms with Crippen molar-refractivity contribution < 1.29 is 40.0 Å². The number of fused-ring (bicyclic) bond motifs is 3. The maximum Gasteiger partial charge on any atom is 0.428 e. The highest BCUT2D eigenvalue weighted by molar-refractivity contribution is 7.92. The van der Waals surface area contributed by atoms with Crippen molar-refractivity contribution in [2.45, 2.75) is 79.0 Å². The topological polar surface area (TPSA) is 111 Å². The fraction of sp³-hybridized carbons (Fsp3) is 0.500. The van der Waals surface area contributed by atoms with Crippen molar-refractivity contribution in [1.82, 2.24) is 14.8 Å². The monoisotopic (exact) mass is 610 g/mol. The Balaban J connectivity index is 1.63. The van der Waals surface area contributed by atoms with Gasteiger partial charge in [-0.15, -0.1) is 0 Å². The van der Waals surface area contributed by atoms with Gasteiger partial charge in [0.2, 0.25) is 17.5 Å². The summed E-state index contributed by atoms with van der Waals surface area (Å²) in [5.41, 5.74) is -4.73. The number of nitriles is 1. The average Bonchev–Trinajstić information content (AvgIpc) is 3.52. The molecule has 5 rings (SSSR count). The fourth-order valence-electron chi connectivity index (χ4n) is 6.52. The number of hydrogen-bond donors (Lipinski definition) is 0. The van der Waals surface area contributed by atoms with Crippen LogP contribution in [0, 0.1) is 17.1 Å². The first-order valence-corrected chi connectivity index (χ1v) is 14.9. The van der Waals surface area contributed by atoms with Crippen LogP contribution in [0.1, 0.15) is 56.0 Å². The third kappa shape index (κ3) is 4.44. The van der Waals surface area contributed by atoms with E-state index in [-0.39, 0.29) is 73.7 Å². The normalized spacial score (nSPS) is 25.5. The van der Waals surface area contributed by atoms with Crippen LogP contribution in [0.3, 0.4) is 0 Å². The van der Waals surface area contributed by atoms with Gasteiger partial charge in [-0.05, 0) is 62.4 Å². The number of sulfone groups is 1. The zero-order chi connectivity index (χ0) is 30.7. The van der Waals surface area contributed by atoms with Crippen molar-refractivity contribution in [3.05, 3.63) is 59.2 Å². The third-order valence-electron chi connectivity index (χ3n) is 8.68. The van der Waals surface area contributed by atoms with Crippen LogP contribution >= 0.6 is 0 Å². The fourth-order valence-corrected chi connectivity index (χ4v) is 8.91. The van der Waals surface area contributed by atoms with Crippen LogP contribution in [0.15, 0.2) is 41.3 Å². The van der Waals surface area contributed by atoms with E-state index in [1.165, 1.54) is 21.9 Å². The van der Waals surface area contributed by atoms with Crippen LogP contribution in [0.2, 0.25) is 0 Å². The zero-order valence-corrected chi connectivity index (χ0v) is 23.3. The summed E-state index contributed by atoms with van der Waals surface area (Å²) >= 11 is 0. The van der Waals surface area contributed by atoms with Gasteiger partial charge in [-0.3, -0.25) is 14.6 Å². The van der Waals surface area contributed by atoms with Crippen LogP contribution < -0.4 is 0 Å². The van der Waals surface area contributed by atoms with Gasteiger partial charge in [-0.1, -0.05) is 12.1 Å². The van der Waals surface area contributed by atoms with E-state index in [0.717, 1.165) is 24.3 Å². The summed E-state index contributed by atoms with van der Waals surface area (Å²) in [5, 5.41) is 8.99. The largest absolute Gasteiger partial charge is 0.428 e. The summed E-state index contributed by atoms with van der Waals surface area (Å²) in [4.78, 5) is 32.6. The van der Waals surface area contributed by atoms with Crippen molar-refractivity contribution in [1.29, 1.82) is 5.26 Å². The van der Waals surface area contributed by atoms with Gasteiger partial charge < -0.3 is 9.80 Å². The lowest BCUT2D eigenvalue weighted by Gasteiger charge is -2.43. The highest BCUT2D eigenvalue weighted by atomic mass is 32.2. The summed E-state index contributed by atoms with van der Waals surface area (Å²) in [7, 11) is -4.51. The molecular weight excluding hydrogens is 583 g/mol. The van der Waals surface area contributed by atoms with Crippen molar-refractivity contribution in [3.8, 4) is 6.07 Å². The minimum absolute atomic E-state index is 0.00360. The van der Waals surface area contributed by atoms with E-state index in [9.17, 15) is 40.0 Å². The lowest BCUT2D eigenvalue weighted by molar-refractivity contribution is -0.230. The number of pyridine rings is 1. The molecule has 3 unspecified atom stereocenters. The Hall–Kier alpha value is -3.60. The summed E-state index contributed by atoms with van der Waals surface area (Å²) in [5.74, 6) is -1.62. The first-order valence-electron chi connectivity index (χ1n) is 13.4. The van der Waals surface area contributed by atoms with Crippen LogP contribution in [-0.4, -0.2) is 66.4 Å². The number of carbonyl (C=O) groups is 2. The van der Waals surface area contributed by atoms with E-state index in [0.29, 0.717) is 6.92 Å². The van der Waals surface area contributed by atoms with Crippen LogP contribution in [0.5, 0.6) is 0 Å². The van der Waals surface area contributed by atoms with Gasteiger partial charge >= 0.3 is 6.18 Å². The summed E-state index contributed by atoms with van der Waals surface area (Å²) < 4.78 is 96.4. The molecule has 0 radical (unpaired) electrons. The van der Waals surface area contributed by atoms with Gasteiger partial charge in [-0.25, -0.2) is 17.2 Å². The number of alkyl halides is 4. The molecular formula is C28H27F5N4O4S. The highest BCUT2D eigenvalue weighted by Gasteiger charge is 2.62. The number of aryl methyl sites for hydroxylation is 1. The van der Waals surface area contributed by atoms with Gasteiger partial charge in [0.05, 0.1) is 29.1 Å². The molecule has 0 N–H and O–H groups in total. The molecule has 1 aromatic heterocycles. The lowest BCUT2D eigenvalue weighted by atomic mass is 9.80. The number of benzene rings is 1. The summed E-state index contributed by atoms with van der Waals surface area (Å²) in [6.07, 6.45) is -5.26. The summed E-state index contributed by atoms with van der Waals surface area (Å²) in [6.45, 7) is 0.302. The van der Waals surface area contributed by atoms with E-state index in [4.69, 9.17) is 5.26 Å². The molecule has 3 aliphatic rings. The van der Waals surface area contributed by atoms with E-state index < -0.39 is 55.9 Å². The van der Waals surface area contributed by atoms with E-state index in [1.54, 1.807) is 0 Å².